The second kappa shape index (κ2) is 5.92. The Balaban J connectivity index is 2.31. The van der Waals surface area contributed by atoms with Crippen molar-refractivity contribution in [3.05, 3.63) is 23.8 Å². The van der Waals surface area contributed by atoms with E-state index in [0.717, 1.165) is 12.0 Å². The maximum Gasteiger partial charge on any atom is 0.246 e. The van der Waals surface area contributed by atoms with Crippen LogP contribution in [0.1, 0.15) is 18.9 Å². The number of hydrogen-bond donors (Lipinski definition) is 0. The van der Waals surface area contributed by atoms with E-state index in [0.29, 0.717) is 24.1 Å². The van der Waals surface area contributed by atoms with Crippen molar-refractivity contribution in [2.75, 3.05) is 20.7 Å². The molecule has 0 spiro atoms. The van der Waals surface area contributed by atoms with Crippen molar-refractivity contribution in [2.24, 2.45) is 11.8 Å². The number of sulfonamides is 1. The molecule has 0 aromatic heterocycles. The Hall–Kier alpha value is -0.780. The van der Waals surface area contributed by atoms with Gasteiger partial charge in [-0.05, 0) is 36.0 Å². The van der Waals surface area contributed by atoms with Crippen LogP contribution in [0.15, 0.2) is 23.1 Å². The summed E-state index contributed by atoms with van der Waals surface area (Å²) in [5.74, 6) is 1.71. The fraction of sp³-hybridized carbons (Fsp3) is 0.571. The molecule has 1 aromatic carbocycles. The van der Waals surface area contributed by atoms with E-state index in [-0.39, 0.29) is 10.8 Å². The molecule has 0 bridgehead atoms. The Morgan fingerprint density at radius 3 is 2.60 bits per heavy atom. The number of rotatable bonds is 6. The van der Waals surface area contributed by atoms with Crippen molar-refractivity contribution >= 4 is 21.6 Å². The minimum absolute atomic E-state index is 0.189. The summed E-state index contributed by atoms with van der Waals surface area (Å²) in [4.78, 5) is 0.189. The first-order valence-electron chi connectivity index (χ1n) is 6.59. The van der Waals surface area contributed by atoms with E-state index in [1.807, 2.05) is 0 Å². The number of alkyl halides is 1. The van der Waals surface area contributed by atoms with Crippen LogP contribution in [-0.4, -0.2) is 33.4 Å². The fourth-order valence-corrected chi connectivity index (χ4v) is 3.85. The van der Waals surface area contributed by atoms with Crippen LogP contribution in [0.2, 0.25) is 0 Å². The summed E-state index contributed by atoms with van der Waals surface area (Å²) in [5.41, 5.74) is 0.763. The molecule has 0 amide bonds. The standard InChI is InChI=1S/C14H20ClNO3S/c1-10-6-12(10)9-16(2)20(17,18)14-7-11(8-15)4-5-13(14)19-3/h4-5,7,10,12H,6,8-9H2,1-3H3. The molecule has 2 rings (SSSR count). The smallest absolute Gasteiger partial charge is 0.246 e. The Morgan fingerprint density at radius 2 is 2.10 bits per heavy atom. The van der Waals surface area contributed by atoms with Crippen LogP contribution >= 0.6 is 11.6 Å². The summed E-state index contributed by atoms with van der Waals surface area (Å²) >= 11 is 5.79. The Morgan fingerprint density at radius 1 is 1.45 bits per heavy atom. The van der Waals surface area contributed by atoms with Gasteiger partial charge in [-0.25, -0.2) is 12.7 Å². The highest BCUT2D eigenvalue weighted by molar-refractivity contribution is 7.89. The van der Waals surface area contributed by atoms with Crippen molar-refractivity contribution < 1.29 is 13.2 Å². The van der Waals surface area contributed by atoms with Gasteiger partial charge in [0.05, 0.1) is 7.11 Å². The van der Waals surface area contributed by atoms with Crippen LogP contribution in [0, 0.1) is 11.8 Å². The van der Waals surface area contributed by atoms with Gasteiger partial charge >= 0.3 is 0 Å². The number of benzene rings is 1. The van der Waals surface area contributed by atoms with Crippen LogP contribution in [0.25, 0.3) is 0 Å². The van der Waals surface area contributed by atoms with Crippen molar-refractivity contribution in [3.63, 3.8) is 0 Å². The average Bonchev–Trinajstić information content (AvgIpc) is 3.13. The lowest BCUT2D eigenvalue weighted by Gasteiger charge is -2.19. The lowest BCUT2D eigenvalue weighted by molar-refractivity contribution is 0.395. The molecule has 20 heavy (non-hydrogen) atoms. The first kappa shape index (κ1) is 15.6. The molecule has 0 saturated heterocycles. The zero-order valence-electron chi connectivity index (χ0n) is 12.0. The summed E-state index contributed by atoms with van der Waals surface area (Å²) in [6.07, 6.45) is 1.10. The van der Waals surface area contributed by atoms with Gasteiger partial charge in [0.25, 0.3) is 0 Å². The zero-order chi connectivity index (χ0) is 14.9. The van der Waals surface area contributed by atoms with Crippen LogP contribution in [0.5, 0.6) is 5.75 Å². The lowest BCUT2D eigenvalue weighted by Crippen LogP contribution is -2.29. The average molecular weight is 318 g/mol. The van der Waals surface area contributed by atoms with E-state index in [1.165, 1.54) is 11.4 Å². The Labute approximate surface area is 125 Å². The second-order valence-corrected chi connectivity index (χ2v) is 7.66. The van der Waals surface area contributed by atoms with Gasteiger partial charge in [-0.2, -0.15) is 0 Å². The number of halogens is 1. The van der Waals surface area contributed by atoms with Crippen molar-refractivity contribution in [1.29, 1.82) is 0 Å². The molecule has 0 aliphatic heterocycles. The van der Waals surface area contributed by atoms with E-state index in [9.17, 15) is 8.42 Å². The summed E-state index contributed by atoms with van der Waals surface area (Å²) < 4.78 is 31.9. The topological polar surface area (TPSA) is 46.6 Å². The molecule has 112 valence electrons. The normalized spacial score (nSPS) is 22.1. The Bertz CT molecular complexity index is 588. The van der Waals surface area contributed by atoms with Gasteiger partial charge < -0.3 is 4.74 Å². The summed E-state index contributed by atoms with van der Waals surface area (Å²) in [6.45, 7) is 2.69. The molecule has 1 aliphatic carbocycles. The third kappa shape index (κ3) is 3.10. The summed E-state index contributed by atoms with van der Waals surface area (Å²) in [7, 11) is -0.455. The molecule has 0 radical (unpaired) electrons. The molecule has 1 saturated carbocycles. The number of ether oxygens (including phenoxy) is 1. The van der Waals surface area contributed by atoms with Gasteiger partial charge in [0.15, 0.2) is 0 Å². The molecule has 0 N–H and O–H groups in total. The molecule has 1 aliphatic rings. The van der Waals surface area contributed by atoms with Crippen molar-refractivity contribution in [1.82, 2.24) is 4.31 Å². The van der Waals surface area contributed by atoms with E-state index in [1.54, 1.807) is 25.2 Å². The molecule has 1 aromatic rings. The van der Waals surface area contributed by atoms with Crippen molar-refractivity contribution in [3.8, 4) is 5.75 Å². The monoisotopic (exact) mass is 317 g/mol. The van der Waals surface area contributed by atoms with E-state index in [2.05, 4.69) is 6.92 Å². The molecule has 0 heterocycles. The minimum atomic E-state index is -3.54. The number of methoxy groups -OCH3 is 1. The van der Waals surface area contributed by atoms with Crippen LogP contribution in [0.4, 0.5) is 0 Å². The third-order valence-corrected chi connectivity index (χ3v) is 5.99. The molecular formula is C14H20ClNO3S. The van der Waals surface area contributed by atoms with E-state index < -0.39 is 10.0 Å². The SMILES string of the molecule is COc1ccc(CCl)cc1S(=O)(=O)N(C)CC1CC1C. The summed E-state index contributed by atoms with van der Waals surface area (Å²) in [5, 5.41) is 0. The largest absolute Gasteiger partial charge is 0.495 e. The summed E-state index contributed by atoms with van der Waals surface area (Å²) in [6, 6.07) is 5.01. The Kier molecular flexibility index (Phi) is 4.62. The molecule has 2 unspecified atom stereocenters. The predicted molar refractivity (Wildman–Crippen MR) is 79.6 cm³/mol. The molecule has 1 fully saturated rings. The molecule has 4 nitrogen and oxygen atoms in total. The maximum atomic E-state index is 12.7. The van der Waals surface area contributed by atoms with Gasteiger partial charge in [-0.1, -0.05) is 13.0 Å². The number of hydrogen-bond acceptors (Lipinski definition) is 3. The minimum Gasteiger partial charge on any atom is -0.495 e. The zero-order valence-corrected chi connectivity index (χ0v) is 13.5. The fourth-order valence-electron chi connectivity index (χ4n) is 2.26. The first-order valence-corrected chi connectivity index (χ1v) is 8.56. The lowest BCUT2D eigenvalue weighted by atomic mass is 10.2. The van der Waals surface area contributed by atoms with E-state index >= 15 is 0 Å². The van der Waals surface area contributed by atoms with E-state index in [4.69, 9.17) is 16.3 Å². The van der Waals surface area contributed by atoms with Gasteiger partial charge in [0, 0.05) is 19.5 Å². The molecule has 6 heteroatoms. The van der Waals surface area contributed by atoms with Crippen molar-refractivity contribution in [2.45, 2.75) is 24.1 Å². The molecular weight excluding hydrogens is 298 g/mol. The number of nitrogens with zero attached hydrogens (tertiary/aromatic N) is 1. The highest BCUT2D eigenvalue weighted by Crippen LogP contribution is 2.39. The highest BCUT2D eigenvalue weighted by atomic mass is 35.5. The maximum absolute atomic E-state index is 12.7. The van der Waals surface area contributed by atoms with Gasteiger partial charge in [-0.15, -0.1) is 11.6 Å². The first-order chi connectivity index (χ1) is 9.40. The highest BCUT2D eigenvalue weighted by Gasteiger charge is 2.36. The molecule has 2 atom stereocenters. The van der Waals surface area contributed by atoms with Crippen LogP contribution in [0.3, 0.4) is 0 Å². The van der Waals surface area contributed by atoms with Gasteiger partial charge in [-0.3, -0.25) is 0 Å². The third-order valence-electron chi connectivity index (χ3n) is 3.84. The van der Waals surface area contributed by atoms with Crippen LogP contribution in [-0.2, 0) is 15.9 Å². The van der Waals surface area contributed by atoms with Gasteiger partial charge in [0.2, 0.25) is 10.0 Å². The second-order valence-electron chi connectivity index (χ2n) is 5.38. The predicted octanol–water partition coefficient (Wildman–Crippen LogP) is 2.71. The quantitative estimate of drug-likeness (QED) is 0.758. The van der Waals surface area contributed by atoms with Gasteiger partial charge in [0.1, 0.15) is 10.6 Å². The van der Waals surface area contributed by atoms with Crippen LogP contribution < -0.4 is 4.74 Å².